The molecule has 4 heteroatoms. The van der Waals surface area contributed by atoms with Crippen LogP contribution in [-0.4, -0.2) is 37.7 Å². The third-order valence-electron chi connectivity index (χ3n) is 3.87. The van der Waals surface area contributed by atoms with Crippen molar-refractivity contribution in [1.29, 1.82) is 0 Å². The molecule has 0 fully saturated rings. The van der Waals surface area contributed by atoms with Crippen LogP contribution >= 0.6 is 0 Å². The Balaban J connectivity index is 1.81. The molecule has 0 N–H and O–H groups in total. The summed E-state index contributed by atoms with van der Waals surface area (Å²) in [6.45, 7) is 0.428. The fourth-order valence-electron chi connectivity index (χ4n) is 2.62. The fraction of sp³-hybridized carbons (Fsp3) is 0.235. The lowest BCUT2D eigenvalue weighted by molar-refractivity contribution is 0.0654. The highest BCUT2D eigenvalue weighted by atomic mass is 16.5. The number of para-hydroxylation sites is 2. The average Bonchev–Trinajstić information content (AvgIpc) is 2.54. The van der Waals surface area contributed by atoms with Gasteiger partial charge in [-0.2, -0.15) is 0 Å². The monoisotopic (exact) mass is 282 g/mol. The number of anilines is 1. The van der Waals surface area contributed by atoms with Crippen LogP contribution in [0.2, 0.25) is 0 Å². The van der Waals surface area contributed by atoms with Crippen LogP contribution in [-0.2, 0) is 0 Å². The van der Waals surface area contributed by atoms with Crippen molar-refractivity contribution in [1.82, 2.24) is 4.90 Å². The molecule has 0 aliphatic carbocycles. The van der Waals surface area contributed by atoms with Crippen LogP contribution in [0, 0.1) is 0 Å². The van der Waals surface area contributed by atoms with Crippen LogP contribution in [0.25, 0.3) is 0 Å². The van der Waals surface area contributed by atoms with Crippen molar-refractivity contribution in [3.8, 4) is 5.75 Å². The molecule has 4 nitrogen and oxygen atoms in total. The van der Waals surface area contributed by atoms with Crippen LogP contribution in [0.3, 0.4) is 0 Å². The zero-order valence-corrected chi connectivity index (χ0v) is 12.2. The van der Waals surface area contributed by atoms with Gasteiger partial charge in [-0.25, -0.2) is 0 Å². The first kappa shape index (κ1) is 13.5. The Morgan fingerprint density at radius 1 is 0.952 bits per heavy atom. The summed E-state index contributed by atoms with van der Waals surface area (Å²) >= 11 is 0. The molecule has 2 aromatic carbocycles. The highest BCUT2D eigenvalue weighted by Gasteiger charge is 2.33. The molecule has 2 aromatic rings. The first-order valence-electron chi connectivity index (χ1n) is 6.95. The molecule has 108 valence electrons. The zero-order chi connectivity index (χ0) is 14.8. The lowest BCUT2D eigenvalue weighted by Gasteiger charge is -2.41. The van der Waals surface area contributed by atoms with Crippen molar-refractivity contribution < 1.29 is 9.53 Å². The van der Waals surface area contributed by atoms with Gasteiger partial charge in [-0.1, -0.05) is 30.3 Å². The smallest absolute Gasteiger partial charge is 0.257 e. The Morgan fingerprint density at radius 3 is 2.38 bits per heavy atom. The number of carbonyl (C=O) groups excluding carboxylic acids is 1. The van der Waals surface area contributed by atoms with E-state index in [4.69, 9.17) is 4.74 Å². The summed E-state index contributed by atoms with van der Waals surface area (Å²) in [6, 6.07) is 17.3. The largest absolute Gasteiger partial charge is 0.489 e. The van der Waals surface area contributed by atoms with Crippen LogP contribution in [0.4, 0.5) is 5.69 Å². The quantitative estimate of drug-likeness (QED) is 0.867. The summed E-state index contributed by atoms with van der Waals surface area (Å²) in [5, 5.41) is 0. The molecule has 1 aliphatic heterocycles. The number of ether oxygens (including phenoxy) is 1. The van der Waals surface area contributed by atoms with Gasteiger partial charge in [-0.05, 0) is 24.3 Å². The van der Waals surface area contributed by atoms with Crippen LogP contribution < -0.4 is 9.64 Å². The van der Waals surface area contributed by atoms with Gasteiger partial charge in [0.2, 0.25) is 0 Å². The molecule has 1 aliphatic rings. The van der Waals surface area contributed by atoms with Gasteiger partial charge < -0.3 is 14.5 Å². The van der Waals surface area contributed by atoms with E-state index in [-0.39, 0.29) is 12.1 Å². The molecule has 0 bridgehead atoms. The molecular formula is C17H18N2O2. The van der Waals surface area contributed by atoms with Crippen molar-refractivity contribution in [3.63, 3.8) is 0 Å². The summed E-state index contributed by atoms with van der Waals surface area (Å²) in [5.74, 6) is 0.843. The highest BCUT2D eigenvalue weighted by Crippen LogP contribution is 2.29. The predicted octanol–water partition coefficient (Wildman–Crippen LogP) is 2.61. The van der Waals surface area contributed by atoms with Crippen molar-refractivity contribution >= 4 is 11.6 Å². The number of nitrogens with zero attached hydrogens (tertiary/aromatic N) is 2. The molecule has 1 heterocycles. The molecule has 3 rings (SSSR count). The number of hydrogen-bond acceptors (Lipinski definition) is 3. The van der Waals surface area contributed by atoms with E-state index in [9.17, 15) is 4.79 Å². The third kappa shape index (κ3) is 2.44. The Hall–Kier alpha value is -2.49. The molecule has 0 saturated heterocycles. The first-order chi connectivity index (χ1) is 10.2. The van der Waals surface area contributed by atoms with Gasteiger partial charge in [0, 0.05) is 14.1 Å². The van der Waals surface area contributed by atoms with Crippen molar-refractivity contribution in [2.24, 2.45) is 0 Å². The SMILES string of the molecule is CN1C(=O)c2ccccc2N(C)C1COc1ccccc1. The molecule has 1 unspecified atom stereocenters. The summed E-state index contributed by atoms with van der Waals surface area (Å²) in [6.07, 6.45) is -0.118. The second kappa shape index (κ2) is 5.48. The second-order valence-corrected chi connectivity index (χ2v) is 5.15. The summed E-state index contributed by atoms with van der Waals surface area (Å²) < 4.78 is 5.81. The molecule has 1 amide bonds. The highest BCUT2D eigenvalue weighted by molar-refractivity contribution is 6.01. The van der Waals surface area contributed by atoms with Crippen molar-refractivity contribution in [2.75, 3.05) is 25.6 Å². The van der Waals surface area contributed by atoms with E-state index < -0.39 is 0 Å². The molecule has 0 aromatic heterocycles. The minimum atomic E-state index is -0.118. The first-order valence-corrected chi connectivity index (χ1v) is 6.95. The minimum absolute atomic E-state index is 0.0327. The second-order valence-electron chi connectivity index (χ2n) is 5.15. The standard InChI is InChI=1S/C17H18N2O2/c1-18-15-11-7-6-10-14(15)17(20)19(2)16(18)12-21-13-8-4-3-5-9-13/h3-11,16H,12H2,1-2H3. The Morgan fingerprint density at radius 2 is 1.62 bits per heavy atom. The Bertz CT molecular complexity index is 642. The third-order valence-corrected chi connectivity index (χ3v) is 3.87. The molecule has 0 spiro atoms. The number of likely N-dealkylation sites (N-methyl/N-ethyl adjacent to an activating group) is 2. The summed E-state index contributed by atoms with van der Waals surface area (Å²) in [4.78, 5) is 16.2. The molecule has 1 atom stereocenters. The van der Waals surface area contributed by atoms with Crippen molar-refractivity contribution in [2.45, 2.75) is 6.17 Å². The van der Waals surface area contributed by atoms with E-state index in [0.717, 1.165) is 17.0 Å². The van der Waals surface area contributed by atoms with Gasteiger partial charge in [-0.15, -0.1) is 0 Å². The van der Waals surface area contributed by atoms with E-state index in [2.05, 4.69) is 4.90 Å². The molecule has 21 heavy (non-hydrogen) atoms. The van der Waals surface area contributed by atoms with Gasteiger partial charge in [0.1, 0.15) is 18.5 Å². The maximum absolute atomic E-state index is 12.4. The minimum Gasteiger partial charge on any atom is -0.489 e. The van der Waals surface area contributed by atoms with E-state index in [1.807, 2.05) is 68.7 Å². The van der Waals surface area contributed by atoms with Gasteiger partial charge in [-0.3, -0.25) is 4.79 Å². The number of rotatable bonds is 3. The lowest BCUT2D eigenvalue weighted by atomic mass is 10.1. The topological polar surface area (TPSA) is 32.8 Å². The van der Waals surface area contributed by atoms with Gasteiger partial charge in [0.25, 0.3) is 5.91 Å². The number of fused-ring (bicyclic) bond motifs is 1. The Labute approximate surface area is 124 Å². The summed E-state index contributed by atoms with van der Waals surface area (Å²) in [5.41, 5.74) is 1.68. The fourth-order valence-corrected chi connectivity index (χ4v) is 2.62. The van der Waals surface area contributed by atoms with Crippen LogP contribution in [0.15, 0.2) is 54.6 Å². The normalized spacial score (nSPS) is 17.6. The van der Waals surface area contributed by atoms with E-state index in [0.29, 0.717) is 6.61 Å². The lowest BCUT2D eigenvalue weighted by Crippen LogP contribution is -2.54. The molecule has 0 radical (unpaired) electrons. The van der Waals surface area contributed by atoms with Crippen LogP contribution in [0.1, 0.15) is 10.4 Å². The maximum Gasteiger partial charge on any atom is 0.257 e. The summed E-state index contributed by atoms with van der Waals surface area (Å²) in [7, 11) is 3.80. The van der Waals surface area contributed by atoms with Gasteiger partial charge in [0.05, 0.1) is 11.3 Å². The number of benzene rings is 2. The zero-order valence-electron chi connectivity index (χ0n) is 12.2. The van der Waals surface area contributed by atoms with E-state index in [1.165, 1.54) is 0 Å². The molecular weight excluding hydrogens is 264 g/mol. The number of carbonyl (C=O) groups is 1. The van der Waals surface area contributed by atoms with E-state index in [1.54, 1.807) is 4.90 Å². The number of amides is 1. The van der Waals surface area contributed by atoms with Crippen LogP contribution in [0.5, 0.6) is 5.75 Å². The predicted molar refractivity (Wildman–Crippen MR) is 82.7 cm³/mol. The van der Waals surface area contributed by atoms with Gasteiger partial charge >= 0.3 is 0 Å². The molecule has 0 saturated carbocycles. The average molecular weight is 282 g/mol. The van der Waals surface area contributed by atoms with E-state index >= 15 is 0 Å². The Kier molecular flexibility index (Phi) is 3.52. The maximum atomic E-state index is 12.4. The number of hydrogen-bond donors (Lipinski definition) is 0. The van der Waals surface area contributed by atoms with Crippen molar-refractivity contribution in [3.05, 3.63) is 60.2 Å². The van der Waals surface area contributed by atoms with Gasteiger partial charge in [0.15, 0.2) is 0 Å².